The van der Waals surface area contributed by atoms with E-state index in [1.165, 1.54) is 4.88 Å². The Morgan fingerprint density at radius 3 is 3.00 bits per heavy atom. The molecule has 0 atom stereocenters. The quantitative estimate of drug-likeness (QED) is 0.862. The SMILES string of the molecule is Cc1ncsc1CNCCc1ccc(Br)o1. The second-order valence-corrected chi connectivity index (χ2v) is 5.21. The number of hydrogen-bond donors (Lipinski definition) is 1. The fourth-order valence-corrected chi connectivity index (χ4v) is 2.48. The van der Waals surface area contributed by atoms with Gasteiger partial charge in [0.05, 0.1) is 11.2 Å². The summed E-state index contributed by atoms with van der Waals surface area (Å²) in [5, 5.41) is 3.38. The van der Waals surface area contributed by atoms with Crippen molar-refractivity contribution in [2.45, 2.75) is 19.9 Å². The maximum Gasteiger partial charge on any atom is 0.169 e. The third kappa shape index (κ3) is 3.17. The third-order valence-corrected chi connectivity index (χ3v) is 3.67. The van der Waals surface area contributed by atoms with E-state index in [2.05, 4.69) is 26.2 Å². The molecule has 0 aromatic carbocycles. The molecule has 0 aliphatic heterocycles. The molecule has 2 heterocycles. The fraction of sp³-hybridized carbons (Fsp3) is 0.364. The normalized spacial score (nSPS) is 10.9. The average molecular weight is 301 g/mol. The molecule has 2 aromatic rings. The molecule has 0 bridgehead atoms. The predicted octanol–water partition coefficient (Wildman–Crippen LogP) is 3.14. The average Bonchev–Trinajstić information content (AvgIpc) is 2.83. The molecule has 16 heavy (non-hydrogen) atoms. The highest BCUT2D eigenvalue weighted by atomic mass is 79.9. The van der Waals surface area contributed by atoms with Crippen molar-refractivity contribution in [2.75, 3.05) is 6.54 Å². The summed E-state index contributed by atoms with van der Waals surface area (Å²) in [5.41, 5.74) is 3.01. The van der Waals surface area contributed by atoms with Crippen LogP contribution in [0.5, 0.6) is 0 Å². The van der Waals surface area contributed by atoms with Gasteiger partial charge in [-0.25, -0.2) is 4.98 Å². The van der Waals surface area contributed by atoms with Crippen LogP contribution in [0.4, 0.5) is 0 Å². The number of aromatic nitrogens is 1. The Balaban J connectivity index is 1.71. The molecule has 0 aliphatic carbocycles. The summed E-state index contributed by atoms with van der Waals surface area (Å²) in [6.07, 6.45) is 0.906. The number of rotatable bonds is 5. The molecule has 5 heteroatoms. The van der Waals surface area contributed by atoms with Gasteiger partial charge in [-0.2, -0.15) is 0 Å². The lowest BCUT2D eigenvalue weighted by molar-refractivity contribution is 0.479. The minimum atomic E-state index is 0.792. The monoisotopic (exact) mass is 300 g/mol. The van der Waals surface area contributed by atoms with E-state index in [9.17, 15) is 0 Å². The second-order valence-electron chi connectivity index (χ2n) is 3.49. The van der Waals surface area contributed by atoms with Crippen LogP contribution in [-0.2, 0) is 13.0 Å². The van der Waals surface area contributed by atoms with E-state index in [1.807, 2.05) is 24.6 Å². The number of thiazole rings is 1. The van der Waals surface area contributed by atoms with E-state index in [0.29, 0.717) is 0 Å². The van der Waals surface area contributed by atoms with Crippen molar-refractivity contribution in [3.05, 3.63) is 38.6 Å². The Morgan fingerprint density at radius 1 is 1.50 bits per heavy atom. The van der Waals surface area contributed by atoms with Gasteiger partial charge in [0, 0.05) is 24.4 Å². The molecule has 0 saturated carbocycles. The van der Waals surface area contributed by atoms with Gasteiger partial charge < -0.3 is 9.73 Å². The van der Waals surface area contributed by atoms with Crippen LogP contribution in [0.3, 0.4) is 0 Å². The second kappa shape index (κ2) is 5.61. The van der Waals surface area contributed by atoms with Crippen LogP contribution < -0.4 is 5.32 Å². The van der Waals surface area contributed by atoms with Crippen molar-refractivity contribution >= 4 is 27.3 Å². The molecule has 0 spiro atoms. The standard InChI is InChI=1S/C11H13BrN2OS/c1-8-10(16-7-14-8)6-13-5-4-9-2-3-11(12)15-9/h2-3,7,13H,4-6H2,1H3. The lowest BCUT2D eigenvalue weighted by atomic mass is 10.3. The van der Waals surface area contributed by atoms with Gasteiger partial charge in [0.15, 0.2) is 4.67 Å². The first kappa shape index (κ1) is 11.8. The zero-order chi connectivity index (χ0) is 11.4. The molecular weight excluding hydrogens is 288 g/mol. The molecule has 3 nitrogen and oxygen atoms in total. The van der Waals surface area contributed by atoms with Gasteiger partial charge in [-0.15, -0.1) is 11.3 Å². The molecule has 2 aromatic heterocycles. The summed E-state index contributed by atoms with van der Waals surface area (Å²) in [6.45, 7) is 3.84. The Kier molecular flexibility index (Phi) is 4.15. The molecule has 0 aliphatic rings. The Bertz CT molecular complexity index is 452. The molecule has 0 unspecified atom stereocenters. The first-order valence-electron chi connectivity index (χ1n) is 5.09. The highest BCUT2D eigenvalue weighted by Gasteiger charge is 2.01. The lowest BCUT2D eigenvalue weighted by Crippen LogP contribution is -2.16. The predicted molar refractivity (Wildman–Crippen MR) is 68.7 cm³/mol. The van der Waals surface area contributed by atoms with Gasteiger partial charge in [-0.3, -0.25) is 0 Å². The summed E-state index contributed by atoms with van der Waals surface area (Å²) in [6, 6.07) is 3.91. The number of nitrogens with zero attached hydrogens (tertiary/aromatic N) is 1. The van der Waals surface area contributed by atoms with Gasteiger partial charge in [0.25, 0.3) is 0 Å². The molecule has 86 valence electrons. The zero-order valence-electron chi connectivity index (χ0n) is 9.00. The molecule has 2 rings (SSSR count). The first-order chi connectivity index (χ1) is 7.75. The summed E-state index contributed by atoms with van der Waals surface area (Å²) < 4.78 is 6.20. The van der Waals surface area contributed by atoms with Crippen LogP contribution in [0.25, 0.3) is 0 Å². The maximum absolute atomic E-state index is 5.41. The minimum absolute atomic E-state index is 0.792. The fourth-order valence-electron chi connectivity index (χ4n) is 1.40. The number of furan rings is 1. The van der Waals surface area contributed by atoms with E-state index in [1.54, 1.807) is 11.3 Å². The molecule has 0 fully saturated rings. The number of halogens is 1. The smallest absolute Gasteiger partial charge is 0.169 e. The van der Waals surface area contributed by atoms with Crippen molar-refractivity contribution < 1.29 is 4.42 Å². The van der Waals surface area contributed by atoms with E-state index < -0.39 is 0 Å². The van der Waals surface area contributed by atoms with Gasteiger partial charge in [-0.05, 0) is 35.0 Å². The van der Waals surface area contributed by atoms with Gasteiger partial charge >= 0.3 is 0 Å². The Labute approximate surface area is 107 Å². The third-order valence-electron chi connectivity index (χ3n) is 2.31. The number of hydrogen-bond acceptors (Lipinski definition) is 4. The molecule has 0 saturated heterocycles. The molecule has 0 amide bonds. The minimum Gasteiger partial charge on any atom is -0.454 e. The van der Waals surface area contributed by atoms with Crippen molar-refractivity contribution in [1.29, 1.82) is 0 Å². The number of nitrogens with one attached hydrogen (secondary N) is 1. The summed E-state index contributed by atoms with van der Waals surface area (Å²) in [7, 11) is 0. The molecule has 0 radical (unpaired) electrons. The van der Waals surface area contributed by atoms with Gasteiger partial charge in [0.1, 0.15) is 5.76 Å². The summed E-state index contributed by atoms with van der Waals surface area (Å²) >= 11 is 4.98. The number of aryl methyl sites for hydroxylation is 1. The van der Waals surface area contributed by atoms with Crippen LogP contribution in [0, 0.1) is 6.92 Å². The highest BCUT2D eigenvalue weighted by molar-refractivity contribution is 9.10. The summed E-state index contributed by atoms with van der Waals surface area (Å²) in [5.74, 6) is 1.00. The maximum atomic E-state index is 5.41. The molecule has 1 N–H and O–H groups in total. The van der Waals surface area contributed by atoms with Crippen molar-refractivity contribution in [3.8, 4) is 0 Å². The van der Waals surface area contributed by atoms with E-state index in [-0.39, 0.29) is 0 Å². The van der Waals surface area contributed by atoms with Crippen molar-refractivity contribution in [1.82, 2.24) is 10.3 Å². The van der Waals surface area contributed by atoms with Crippen molar-refractivity contribution in [2.24, 2.45) is 0 Å². The van der Waals surface area contributed by atoms with E-state index in [4.69, 9.17) is 4.42 Å². The van der Waals surface area contributed by atoms with E-state index >= 15 is 0 Å². The largest absolute Gasteiger partial charge is 0.454 e. The van der Waals surface area contributed by atoms with Gasteiger partial charge in [0.2, 0.25) is 0 Å². The Hall–Kier alpha value is -0.650. The van der Waals surface area contributed by atoms with Gasteiger partial charge in [-0.1, -0.05) is 0 Å². The lowest BCUT2D eigenvalue weighted by Gasteiger charge is -2.01. The summed E-state index contributed by atoms with van der Waals surface area (Å²) in [4.78, 5) is 5.52. The highest BCUT2D eigenvalue weighted by Crippen LogP contribution is 2.14. The molecular formula is C11H13BrN2OS. The topological polar surface area (TPSA) is 38.1 Å². The van der Waals surface area contributed by atoms with E-state index in [0.717, 1.165) is 35.6 Å². The van der Waals surface area contributed by atoms with Crippen LogP contribution in [0.15, 0.2) is 26.7 Å². The van der Waals surface area contributed by atoms with Crippen LogP contribution in [-0.4, -0.2) is 11.5 Å². The van der Waals surface area contributed by atoms with Crippen molar-refractivity contribution in [3.63, 3.8) is 0 Å². The van der Waals surface area contributed by atoms with Crippen LogP contribution in [0.2, 0.25) is 0 Å². The van der Waals surface area contributed by atoms with Crippen LogP contribution >= 0.6 is 27.3 Å². The van der Waals surface area contributed by atoms with Crippen LogP contribution in [0.1, 0.15) is 16.3 Å². The Morgan fingerprint density at radius 2 is 2.38 bits per heavy atom. The first-order valence-corrected chi connectivity index (χ1v) is 6.77. The zero-order valence-corrected chi connectivity index (χ0v) is 11.4.